The number of carbonyl (C=O) groups is 1. The fraction of sp³-hybridized carbons (Fsp3) is 0.667. The van der Waals surface area contributed by atoms with Gasteiger partial charge < -0.3 is 10.2 Å². The van der Waals surface area contributed by atoms with Gasteiger partial charge in [0, 0.05) is 32.0 Å². The number of urea groups is 1. The molecule has 1 saturated heterocycles. The molecule has 5 nitrogen and oxygen atoms in total. The highest BCUT2D eigenvalue weighted by Gasteiger charge is 2.23. The molecule has 2 heterocycles. The van der Waals surface area contributed by atoms with Crippen molar-refractivity contribution >= 4 is 6.03 Å². The maximum atomic E-state index is 11.7. The molecule has 17 heavy (non-hydrogen) atoms. The minimum Gasteiger partial charge on any atom is -0.338 e. The van der Waals surface area contributed by atoms with Crippen molar-refractivity contribution in [3.05, 3.63) is 18.5 Å². The van der Waals surface area contributed by atoms with Crippen molar-refractivity contribution in [1.82, 2.24) is 20.0 Å². The van der Waals surface area contributed by atoms with Gasteiger partial charge in [0.15, 0.2) is 0 Å². The Bertz CT molecular complexity index is 341. The normalized spacial score (nSPS) is 17.1. The zero-order valence-electron chi connectivity index (χ0n) is 10.3. The van der Waals surface area contributed by atoms with Crippen molar-refractivity contribution < 1.29 is 4.79 Å². The number of amides is 2. The van der Waals surface area contributed by atoms with Crippen molar-refractivity contribution in [1.29, 1.82) is 0 Å². The Morgan fingerprint density at radius 2 is 2.24 bits per heavy atom. The summed E-state index contributed by atoms with van der Waals surface area (Å²) in [6.45, 7) is 4.46. The summed E-state index contributed by atoms with van der Waals surface area (Å²) in [5, 5.41) is 7.17. The van der Waals surface area contributed by atoms with Gasteiger partial charge in [0.2, 0.25) is 0 Å². The van der Waals surface area contributed by atoms with Crippen LogP contribution >= 0.6 is 0 Å². The highest BCUT2D eigenvalue weighted by molar-refractivity contribution is 5.74. The molecule has 0 aliphatic carbocycles. The lowest BCUT2D eigenvalue weighted by atomic mass is 10.1. The summed E-state index contributed by atoms with van der Waals surface area (Å²) in [6.07, 6.45) is 6.76. The Hall–Kier alpha value is -1.52. The molecule has 1 aromatic heterocycles. The van der Waals surface area contributed by atoms with E-state index in [1.54, 1.807) is 6.20 Å². The Labute approximate surface area is 102 Å². The molecule has 0 saturated carbocycles. The van der Waals surface area contributed by atoms with E-state index in [0.717, 1.165) is 38.9 Å². The van der Waals surface area contributed by atoms with Crippen molar-refractivity contribution in [2.45, 2.75) is 32.2 Å². The number of carbonyl (C=O) groups excluding carboxylic acids is 1. The molecule has 1 aliphatic heterocycles. The van der Waals surface area contributed by atoms with Crippen LogP contribution < -0.4 is 5.32 Å². The van der Waals surface area contributed by atoms with Gasteiger partial charge in [-0.3, -0.25) is 4.68 Å². The SMILES string of the molecule is CCCNC(=O)N1CCC(n2cccn2)CC1. The Morgan fingerprint density at radius 1 is 1.47 bits per heavy atom. The number of rotatable bonds is 3. The van der Waals surface area contributed by atoms with Gasteiger partial charge in [0.25, 0.3) is 0 Å². The average molecular weight is 236 g/mol. The van der Waals surface area contributed by atoms with Gasteiger partial charge in [-0.25, -0.2) is 4.79 Å². The van der Waals surface area contributed by atoms with Crippen molar-refractivity contribution in [3.8, 4) is 0 Å². The number of likely N-dealkylation sites (tertiary alicyclic amines) is 1. The van der Waals surface area contributed by atoms with Gasteiger partial charge in [0.05, 0.1) is 6.04 Å². The van der Waals surface area contributed by atoms with Crippen LogP contribution in [0, 0.1) is 0 Å². The van der Waals surface area contributed by atoms with E-state index in [4.69, 9.17) is 0 Å². The lowest BCUT2D eigenvalue weighted by Crippen LogP contribution is -2.44. The number of nitrogens with one attached hydrogen (secondary N) is 1. The predicted molar refractivity (Wildman–Crippen MR) is 65.8 cm³/mol. The van der Waals surface area contributed by atoms with E-state index >= 15 is 0 Å². The molecule has 0 spiro atoms. The van der Waals surface area contributed by atoms with E-state index < -0.39 is 0 Å². The Morgan fingerprint density at radius 3 is 2.82 bits per heavy atom. The second-order valence-corrected chi connectivity index (χ2v) is 4.44. The van der Waals surface area contributed by atoms with Crippen LogP contribution in [0.4, 0.5) is 4.79 Å². The molecule has 94 valence electrons. The zero-order valence-corrected chi connectivity index (χ0v) is 10.3. The van der Waals surface area contributed by atoms with Gasteiger partial charge in [0.1, 0.15) is 0 Å². The van der Waals surface area contributed by atoms with Gasteiger partial charge in [-0.15, -0.1) is 0 Å². The molecule has 1 aliphatic rings. The number of piperidine rings is 1. The Kier molecular flexibility index (Phi) is 4.01. The first kappa shape index (κ1) is 12.0. The standard InChI is InChI=1S/C12H20N4O/c1-2-6-13-12(17)15-9-4-11(5-10-15)16-8-3-7-14-16/h3,7-8,11H,2,4-6,9-10H2,1H3,(H,13,17). The highest BCUT2D eigenvalue weighted by Crippen LogP contribution is 2.21. The van der Waals surface area contributed by atoms with Crippen LogP contribution in [0.25, 0.3) is 0 Å². The summed E-state index contributed by atoms with van der Waals surface area (Å²) in [5.41, 5.74) is 0. The molecule has 0 unspecified atom stereocenters. The van der Waals surface area contributed by atoms with E-state index in [9.17, 15) is 4.79 Å². The van der Waals surface area contributed by atoms with E-state index in [0.29, 0.717) is 6.04 Å². The molecule has 5 heteroatoms. The molecule has 0 bridgehead atoms. The summed E-state index contributed by atoms with van der Waals surface area (Å²) in [5.74, 6) is 0. The quantitative estimate of drug-likeness (QED) is 0.867. The number of hydrogen-bond donors (Lipinski definition) is 1. The minimum absolute atomic E-state index is 0.0748. The molecular weight excluding hydrogens is 216 g/mol. The number of nitrogens with zero attached hydrogens (tertiary/aromatic N) is 3. The van der Waals surface area contributed by atoms with Crippen LogP contribution in [-0.2, 0) is 0 Å². The summed E-state index contributed by atoms with van der Waals surface area (Å²) in [6, 6.07) is 2.46. The second-order valence-electron chi connectivity index (χ2n) is 4.44. The maximum absolute atomic E-state index is 11.7. The summed E-state index contributed by atoms with van der Waals surface area (Å²) in [4.78, 5) is 13.6. The first-order chi connectivity index (χ1) is 8.31. The van der Waals surface area contributed by atoms with E-state index in [1.165, 1.54) is 0 Å². The molecule has 2 rings (SSSR count). The van der Waals surface area contributed by atoms with Crippen molar-refractivity contribution in [2.24, 2.45) is 0 Å². The van der Waals surface area contributed by atoms with E-state index in [2.05, 4.69) is 17.3 Å². The third-order valence-electron chi connectivity index (χ3n) is 3.18. The van der Waals surface area contributed by atoms with Crippen LogP contribution in [0.3, 0.4) is 0 Å². The molecule has 0 atom stereocenters. The maximum Gasteiger partial charge on any atom is 0.317 e. The molecule has 0 aromatic carbocycles. The van der Waals surface area contributed by atoms with Crippen molar-refractivity contribution in [3.63, 3.8) is 0 Å². The minimum atomic E-state index is 0.0748. The van der Waals surface area contributed by atoms with Gasteiger partial charge >= 0.3 is 6.03 Å². The van der Waals surface area contributed by atoms with Crippen LogP contribution in [0.2, 0.25) is 0 Å². The zero-order chi connectivity index (χ0) is 12.1. The second kappa shape index (κ2) is 5.70. The Balaban J connectivity index is 1.80. The smallest absolute Gasteiger partial charge is 0.317 e. The van der Waals surface area contributed by atoms with Crippen LogP contribution in [0.5, 0.6) is 0 Å². The number of aromatic nitrogens is 2. The first-order valence-corrected chi connectivity index (χ1v) is 6.33. The number of hydrogen-bond acceptors (Lipinski definition) is 2. The third kappa shape index (κ3) is 2.99. The molecule has 2 amide bonds. The molecular formula is C12H20N4O. The van der Waals surface area contributed by atoms with Gasteiger partial charge in [-0.2, -0.15) is 5.10 Å². The van der Waals surface area contributed by atoms with Crippen LogP contribution in [-0.4, -0.2) is 40.3 Å². The fourth-order valence-electron chi connectivity index (χ4n) is 2.17. The highest BCUT2D eigenvalue weighted by atomic mass is 16.2. The largest absolute Gasteiger partial charge is 0.338 e. The van der Waals surface area contributed by atoms with Crippen LogP contribution in [0.1, 0.15) is 32.2 Å². The lowest BCUT2D eigenvalue weighted by Gasteiger charge is -2.32. The molecule has 1 N–H and O–H groups in total. The monoisotopic (exact) mass is 236 g/mol. The fourth-order valence-corrected chi connectivity index (χ4v) is 2.17. The van der Waals surface area contributed by atoms with Crippen molar-refractivity contribution in [2.75, 3.05) is 19.6 Å². The van der Waals surface area contributed by atoms with E-state index in [-0.39, 0.29) is 6.03 Å². The summed E-state index contributed by atoms with van der Waals surface area (Å²) >= 11 is 0. The van der Waals surface area contributed by atoms with Gasteiger partial charge in [-0.05, 0) is 25.3 Å². The predicted octanol–water partition coefficient (Wildman–Crippen LogP) is 1.64. The topological polar surface area (TPSA) is 50.2 Å². The molecule has 0 radical (unpaired) electrons. The average Bonchev–Trinajstić information content (AvgIpc) is 2.90. The van der Waals surface area contributed by atoms with Crippen LogP contribution in [0.15, 0.2) is 18.5 Å². The van der Waals surface area contributed by atoms with E-state index in [1.807, 2.05) is 21.8 Å². The molecule has 1 aromatic rings. The molecule has 1 fully saturated rings. The first-order valence-electron chi connectivity index (χ1n) is 6.33. The summed E-state index contributed by atoms with van der Waals surface area (Å²) in [7, 11) is 0. The lowest BCUT2D eigenvalue weighted by molar-refractivity contribution is 0.168. The summed E-state index contributed by atoms with van der Waals surface area (Å²) < 4.78 is 2.00. The third-order valence-corrected chi connectivity index (χ3v) is 3.18. The van der Waals surface area contributed by atoms with Gasteiger partial charge in [-0.1, -0.05) is 6.92 Å².